The summed E-state index contributed by atoms with van der Waals surface area (Å²) in [6.07, 6.45) is 1.61. The van der Waals surface area contributed by atoms with Crippen LogP contribution in [-0.2, 0) is 20.8 Å². The molecule has 0 aliphatic carbocycles. The summed E-state index contributed by atoms with van der Waals surface area (Å²) in [5, 5.41) is 0. The number of hydrogen-bond donors (Lipinski definition) is 0. The zero-order valence-corrected chi connectivity index (χ0v) is 10.9. The Bertz CT molecular complexity index is 420. The highest BCUT2D eigenvalue weighted by atomic mass is 16.7. The molecule has 0 unspecified atom stereocenters. The lowest BCUT2D eigenvalue weighted by molar-refractivity contribution is -0.121. The molecule has 1 aromatic carbocycles. The van der Waals surface area contributed by atoms with Crippen molar-refractivity contribution in [2.45, 2.75) is 26.2 Å². The van der Waals surface area contributed by atoms with Gasteiger partial charge in [-0.15, -0.1) is 0 Å². The van der Waals surface area contributed by atoms with E-state index in [-0.39, 0.29) is 0 Å². The highest BCUT2D eigenvalue weighted by Crippen LogP contribution is 2.24. The second kappa shape index (κ2) is 5.31. The molecule has 0 amide bonds. The van der Waals surface area contributed by atoms with E-state index in [2.05, 4.69) is 0 Å². The lowest BCUT2D eigenvalue weighted by atomic mass is 10.2. The molecule has 0 aromatic heterocycles. The molecule has 0 N–H and O–H groups in total. The third kappa shape index (κ3) is 3.40. The zero-order valence-electron chi connectivity index (χ0n) is 10.9. The predicted molar refractivity (Wildman–Crippen MR) is 67.0 cm³/mol. The molecule has 18 heavy (non-hydrogen) atoms. The molecule has 1 aliphatic rings. The molecule has 0 saturated carbocycles. The third-order valence-corrected chi connectivity index (χ3v) is 2.52. The predicted octanol–water partition coefficient (Wildman–Crippen LogP) is 2.84. The number of benzene rings is 1. The van der Waals surface area contributed by atoms with Crippen LogP contribution >= 0.6 is 0 Å². The lowest BCUT2D eigenvalue weighted by Crippen LogP contribution is -2.20. The Hall–Kier alpha value is -1.68. The summed E-state index contributed by atoms with van der Waals surface area (Å²) < 4.78 is 21.5. The van der Waals surface area contributed by atoms with Gasteiger partial charge in [-0.3, -0.25) is 0 Å². The summed E-state index contributed by atoms with van der Waals surface area (Å²) in [4.78, 5) is 0. The van der Waals surface area contributed by atoms with Gasteiger partial charge in [0.1, 0.15) is 18.6 Å². The number of hydrogen-bond acceptors (Lipinski definition) is 4. The maximum Gasteiger partial charge on any atom is 0.244 e. The largest absolute Gasteiger partial charge is 0.497 e. The van der Waals surface area contributed by atoms with Crippen LogP contribution in [0.4, 0.5) is 0 Å². The van der Waals surface area contributed by atoms with Crippen molar-refractivity contribution in [1.82, 2.24) is 0 Å². The average molecular weight is 250 g/mol. The SMILES string of the molecule is COc1ccc(COCC2=COC(C)(C)O2)cc1. The molecule has 4 nitrogen and oxygen atoms in total. The van der Waals surface area contributed by atoms with Crippen molar-refractivity contribution in [3.8, 4) is 5.75 Å². The molecule has 0 fully saturated rings. The van der Waals surface area contributed by atoms with Gasteiger partial charge in [0.15, 0.2) is 5.76 Å². The van der Waals surface area contributed by atoms with Crippen LogP contribution in [0.1, 0.15) is 19.4 Å². The van der Waals surface area contributed by atoms with Crippen LogP contribution in [-0.4, -0.2) is 19.5 Å². The highest BCUT2D eigenvalue weighted by molar-refractivity contribution is 5.26. The smallest absolute Gasteiger partial charge is 0.244 e. The second-order valence-corrected chi connectivity index (χ2v) is 4.54. The molecular formula is C14H18O4. The highest BCUT2D eigenvalue weighted by Gasteiger charge is 2.27. The first-order valence-electron chi connectivity index (χ1n) is 5.85. The molecule has 4 heteroatoms. The van der Waals surface area contributed by atoms with Crippen molar-refractivity contribution in [2.75, 3.05) is 13.7 Å². The molecule has 2 rings (SSSR count). The first kappa shape index (κ1) is 12.8. The Balaban J connectivity index is 1.75. The van der Waals surface area contributed by atoms with Crippen LogP contribution in [0.2, 0.25) is 0 Å². The molecular weight excluding hydrogens is 232 g/mol. The third-order valence-electron chi connectivity index (χ3n) is 2.52. The van der Waals surface area contributed by atoms with Crippen molar-refractivity contribution in [3.05, 3.63) is 41.9 Å². The molecule has 0 radical (unpaired) electrons. The summed E-state index contributed by atoms with van der Waals surface area (Å²) in [6, 6.07) is 7.78. The Morgan fingerprint density at radius 3 is 2.39 bits per heavy atom. The quantitative estimate of drug-likeness (QED) is 0.805. The first-order valence-corrected chi connectivity index (χ1v) is 5.85. The summed E-state index contributed by atoms with van der Waals surface area (Å²) in [5.74, 6) is 0.989. The van der Waals surface area contributed by atoms with Crippen molar-refractivity contribution >= 4 is 0 Å². The normalized spacial score (nSPS) is 16.7. The topological polar surface area (TPSA) is 36.9 Å². The van der Waals surface area contributed by atoms with Gasteiger partial charge in [-0.05, 0) is 17.7 Å². The molecule has 98 valence electrons. The van der Waals surface area contributed by atoms with Gasteiger partial charge in [-0.2, -0.15) is 0 Å². The van der Waals surface area contributed by atoms with Gasteiger partial charge in [0.2, 0.25) is 5.79 Å². The Kier molecular flexibility index (Phi) is 3.77. The van der Waals surface area contributed by atoms with Gasteiger partial charge >= 0.3 is 0 Å². The van der Waals surface area contributed by atoms with Crippen LogP contribution in [0, 0.1) is 0 Å². The molecule has 1 heterocycles. The van der Waals surface area contributed by atoms with E-state index in [1.807, 2.05) is 38.1 Å². The van der Waals surface area contributed by atoms with Gasteiger partial charge < -0.3 is 18.9 Å². The van der Waals surface area contributed by atoms with Crippen LogP contribution in [0.25, 0.3) is 0 Å². The first-order chi connectivity index (χ1) is 8.59. The molecule has 0 bridgehead atoms. The van der Waals surface area contributed by atoms with Crippen LogP contribution < -0.4 is 4.74 Å². The Morgan fingerprint density at radius 1 is 1.11 bits per heavy atom. The van der Waals surface area contributed by atoms with E-state index in [9.17, 15) is 0 Å². The summed E-state index contributed by atoms with van der Waals surface area (Å²) in [6.45, 7) is 4.67. The molecule has 1 aromatic rings. The molecule has 0 atom stereocenters. The zero-order chi connectivity index (χ0) is 13.0. The molecule has 0 saturated heterocycles. The average Bonchev–Trinajstić information content (AvgIpc) is 2.70. The van der Waals surface area contributed by atoms with E-state index in [1.54, 1.807) is 13.4 Å². The van der Waals surface area contributed by atoms with Gasteiger partial charge in [-0.25, -0.2) is 0 Å². The Labute approximate surface area is 107 Å². The Morgan fingerprint density at radius 2 is 1.83 bits per heavy atom. The number of ether oxygens (including phenoxy) is 4. The van der Waals surface area contributed by atoms with E-state index in [1.165, 1.54) is 0 Å². The second-order valence-electron chi connectivity index (χ2n) is 4.54. The van der Waals surface area contributed by atoms with E-state index in [4.69, 9.17) is 18.9 Å². The monoisotopic (exact) mass is 250 g/mol. The maximum absolute atomic E-state index is 5.56. The fraction of sp³-hybridized carbons (Fsp3) is 0.429. The van der Waals surface area contributed by atoms with Gasteiger partial charge in [0.25, 0.3) is 0 Å². The molecule has 1 aliphatic heterocycles. The van der Waals surface area contributed by atoms with E-state index >= 15 is 0 Å². The van der Waals surface area contributed by atoms with E-state index in [0.29, 0.717) is 19.0 Å². The van der Waals surface area contributed by atoms with E-state index in [0.717, 1.165) is 11.3 Å². The van der Waals surface area contributed by atoms with Crippen molar-refractivity contribution in [2.24, 2.45) is 0 Å². The number of rotatable bonds is 5. The minimum Gasteiger partial charge on any atom is -0.497 e. The van der Waals surface area contributed by atoms with Gasteiger partial charge in [-0.1, -0.05) is 12.1 Å². The van der Waals surface area contributed by atoms with Crippen molar-refractivity contribution < 1.29 is 18.9 Å². The fourth-order valence-corrected chi connectivity index (χ4v) is 1.63. The van der Waals surface area contributed by atoms with Crippen molar-refractivity contribution in [3.63, 3.8) is 0 Å². The molecule has 0 spiro atoms. The lowest BCUT2D eigenvalue weighted by Gasteiger charge is -2.18. The fourth-order valence-electron chi connectivity index (χ4n) is 1.63. The summed E-state index contributed by atoms with van der Waals surface area (Å²) in [5.41, 5.74) is 1.09. The van der Waals surface area contributed by atoms with Crippen molar-refractivity contribution in [1.29, 1.82) is 0 Å². The van der Waals surface area contributed by atoms with Gasteiger partial charge in [0.05, 0.1) is 13.7 Å². The number of methoxy groups -OCH3 is 1. The van der Waals surface area contributed by atoms with Gasteiger partial charge in [0, 0.05) is 13.8 Å². The van der Waals surface area contributed by atoms with Crippen LogP contribution in [0.5, 0.6) is 5.75 Å². The maximum atomic E-state index is 5.56. The standard InChI is InChI=1S/C14H18O4/c1-14(2)17-10-13(18-14)9-16-8-11-4-6-12(15-3)7-5-11/h4-7,10H,8-9H2,1-3H3. The van der Waals surface area contributed by atoms with Crippen LogP contribution in [0.15, 0.2) is 36.3 Å². The van der Waals surface area contributed by atoms with E-state index < -0.39 is 5.79 Å². The minimum atomic E-state index is -0.571. The minimum absolute atomic E-state index is 0.412. The summed E-state index contributed by atoms with van der Waals surface area (Å²) >= 11 is 0. The summed E-state index contributed by atoms with van der Waals surface area (Å²) in [7, 11) is 1.65. The van der Waals surface area contributed by atoms with Crippen LogP contribution in [0.3, 0.4) is 0 Å².